The van der Waals surface area contributed by atoms with Crippen LogP contribution in [-0.4, -0.2) is 25.7 Å². The standard InChI is InChI=1S/C12H10N6O3/c1-8-6-11(17-10(15-8)4-5-14-17)16-13-7-9-2-3-12(21-9)18(19)20/h2-7,16H,1H3/b13-7+. The van der Waals surface area contributed by atoms with Gasteiger partial charge in [0.15, 0.2) is 17.2 Å². The minimum absolute atomic E-state index is 0.275. The lowest BCUT2D eigenvalue weighted by Crippen LogP contribution is -2.01. The summed E-state index contributed by atoms with van der Waals surface area (Å²) < 4.78 is 6.55. The van der Waals surface area contributed by atoms with Gasteiger partial charge in [-0.3, -0.25) is 15.5 Å². The lowest BCUT2D eigenvalue weighted by molar-refractivity contribution is -0.402. The zero-order valence-electron chi connectivity index (χ0n) is 10.9. The van der Waals surface area contributed by atoms with Crippen LogP contribution in [0.15, 0.2) is 40.0 Å². The summed E-state index contributed by atoms with van der Waals surface area (Å²) in [6.45, 7) is 1.86. The Morgan fingerprint density at radius 2 is 2.33 bits per heavy atom. The van der Waals surface area contributed by atoms with Crippen LogP contribution in [0.2, 0.25) is 0 Å². The zero-order valence-corrected chi connectivity index (χ0v) is 10.9. The summed E-state index contributed by atoms with van der Waals surface area (Å²) in [5.74, 6) is 0.571. The van der Waals surface area contributed by atoms with Gasteiger partial charge in [0.05, 0.1) is 18.5 Å². The maximum Gasteiger partial charge on any atom is 0.433 e. The molecular weight excluding hydrogens is 276 g/mol. The summed E-state index contributed by atoms with van der Waals surface area (Å²) in [5, 5.41) is 18.6. The van der Waals surface area contributed by atoms with E-state index in [-0.39, 0.29) is 11.6 Å². The molecule has 3 rings (SSSR count). The van der Waals surface area contributed by atoms with Gasteiger partial charge in [-0.25, -0.2) is 4.98 Å². The van der Waals surface area contributed by atoms with Crippen molar-refractivity contribution in [2.24, 2.45) is 5.10 Å². The second-order valence-electron chi connectivity index (χ2n) is 4.19. The van der Waals surface area contributed by atoms with Crippen LogP contribution in [0.4, 0.5) is 11.7 Å². The van der Waals surface area contributed by atoms with Gasteiger partial charge in [0, 0.05) is 17.8 Å². The van der Waals surface area contributed by atoms with Crippen molar-refractivity contribution in [3.05, 3.63) is 52.0 Å². The highest BCUT2D eigenvalue weighted by Gasteiger charge is 2.10. The largest absolute Gasteiger partial charge is 0.433 e. The van der Waals surface area contributed by atoms with E-state index in [0.29, 0.717) is 11.5 Å². The Morgan fingerprint density at radius 1 is 1.48 bits per heavy atom. The SMILES string of the molecule is Cc1cc(N/N=C/c2ccc([N+](=O)[O-])o2)n2nccc2n1. The Bertz CT molecular complexity index is 835. The number of fused-ring (bicyclic) bond motifs is 1. The molecule has 0 saturated carbocycles. The van der Waals surface area contributed by atoms with Crippen molar-refractivity contribution in [2.45, 2.75) is 6.92 Å². The smallest absolute Gasteiger partial charge is 0.400 e. The third kappa shape index (κ3) is 2.56. The van der Waals surface area contributed by atoms with Crippen LogP contribution in [-0.2, 0) is 0 Å². The maximum atomic E-state index is 10.5. The number of nitrogens with zero attached hydrogens (tertiary/aromatic N) is 5. The highest BCUT2D eigenvalue weighted by molar-refractivity contribution is 5.76. The summed E-state index contributed by atoms with van der Waals surface area (Å²) >= 11 is 0. The Hall–Kier alpha value is -3.23. The van der Waals surface area contributed by atoms with E-state index in [0.717, 1.165) is 5.69 Å². The monoisotopic (exact) mass is 286 g/mol. The van der Waals surface area contributed by atoms with E-state index in [1.54, 1.807) is 22.8 Å². The number of hydrogen-bond acceptors (Lipinski definition) is 7. The van der Waals surface area contributed by atoms with Crippen LogP contribution >= 0.6 is 0 Å². The Labute approximate surface area is 118 Å². The molecule has 3 heterocycles. The highest BCUT2D eigenvalue weighted by Crippen LogP contribution is 2.14. The van der Waals surface area contributed by atoms with Crippen molar-refractivity contribution < 1.29 is 9.34 Å². The summed E-state index contributed by atoms with van der Waals surface area (Å²) in [6, 6.07) is 6.29. The van der Waals surface area contributed by atoms with Crippen LogP contribution < -0.4 is 5.43 Å². The van der Waals surface area contributed by atoms with Crippen LogP contribution in [0, 0.1) is 17.0 Å². The Kier molecular flexibility index (Phi) is 3.07. The van der Waals surface area contributed by atoms with E-state index in [1.165, 1.54) is 18.3 Å². The highest BCUT2D eigenvalue weighted by atomic mass is 16.6. The molecule has 106 valence electrons. The number of aromatic nitrogens is 3. The molecule has 0 aliphatic heterocycles. The average molecular weight is 286 g/mol. The molecule has 0 radical (unpaired) electrons. The van der Waals surface area contributed by atoms with Gasteiger partial charge in [-0.15, -0.1) is 0 Å². The van der Waals surface area contributed by atoms with Crippen molar-refractivity contribution in [3.8, 4) is 0 Å². The fourth-order valence-electron chi connectivity index (χ4n) is 1.79. The molecule has 0 amide bonds. The lowest BCUT2D eigenvalue weighted by atomic mass is 10.4. The predicted octanol–water partition coefficient (Wildman–Crippen LogP) is 1.98. The first-order chi connectivity index (χ1) is 10.1. The van der Waals surface area contributed by atoms with Gasteiger partial charge >= 0.3 is 5.88 Å². The van der Waals surface area contributed by atoms with Crippen LogP contribution in [0.3, 0.4) is 0 Å². The molecule has 0 spiro atoms. The molecule has 0 atom stereocenters. The first-order valence-corrected chi connectivity index (χ1v) is 5.98. The van der Waals surface area contributed by atoms with Crippen molar-refractivity contribution in [3.63, 3.8) is 0 Å². The molecule has 9 heteroatoms. The van der Waals surface area contributed by atoms with Crippen molar-refractivity contribution in [2.75, 3.05) is 5.43 Å². The number of rotatable bonds is 4. The average Bonchev–Trinajstić information content (AvgIpc) is 3.06. The van der Waals surface area contributed by atoms with Crippen LogP contribution in [0.1, 0.15) is 11.5 Å². The summed E-state index contributed by atoms with van der Waals surface area (Å²) in [4.78, 5) is 14.2. The molecule has 0 bridgehead atoms. The second kappa shape index (κ2) is 5.04. The lowest BCUT2D eigenvalue weighted by Gasteiger charge is -2.04. The fourth-order valence-corrected chi connectivity index (χ4v) is 1.79. The van der Waals surface area contributed by atoms with Gasteiger partial charge in [0.1, 0.15) is 4.92 Å². The summed E-state index contributed by atoms with van der Waals surface area (Å²) in [7, 11) is 0. The first-order valence-electron chi connectivity index (χ1n) is 5.98. The van der Waals surface area contributed by atoms with Crippen molar-refractivity contribution in [1.82, 2.24) is 14.6 Å². The molecular formula is C12H10N6O3. The number of aryl methyl sites for hydroxylation is 1. The fraction of sp³-hybridized carbons (Fsp3) is 0.0833. The van der Waals surface area contributed by atoms with Gasteiger partial charge in [-0.1, -0.05) is 0 Å². The van der Waals surface area contributed by atoms with E-state index < -0.39 is 4.92 Å². The third-order valence-electron chi connectivity index (χ3n) is 2.65. The topological polar surface area (TPSA) is 111 Å². The molecule has 21 heavy (non-hydrogen) atoms. The molecule has 9 nitrogen and oxygen atoms in total. The van der Waals surface area contributed by atoms with Crippen LogP contribution in [0.25, 0.3) is 5.65 Å². The number of nitrogens with one attached hydrogen (secondary N) is 1. The molecule has 0 aromatic carbocycles. The minimum atomic E-state index is -0.607. The molecule has 1 N–H and O–H groups in total. The normalized spacial score (nSPS) is 11.3. The van der Waals surface area contributed by atoms with E-state index in [1.807, 2.05) is 6.92 Å². The number of anilines is 1. The molecule has 0 fully saturated rings. The van der Waals surface area contributed by atoms with E-state index >= 15 is 0 Å². The van der Waals surface area contributed by atoms with E-state index in [4.69, 9.17) is 4.42 Å². The van der Waals surface area contributed by atoms with Crippen molar-refractivity contribution in [1.29, 1.82) is 0 Å². The number of hydrazone groups is 1. The first kappa shape index (κ1) is 12.8. The van der Waals surface area contributed by atoms with Crippen LogP contribution in [0.5, 0.6) is 0 Å². The van der Waals surface area contributed by atoms with Gasteiger partial charge in [0.25, 0.3) is 0 Å². The van der Waals surface area contributed by atoms with Crippen molar-refractivity contribution >= 4 is 23.6 Å². The zero-order chi connectivity index (χ0) is 14.8. The number of furan rings is 1. The third-order valence-corrected chi connectivity index (χ3v) is 2.65. The molecule has 3 aromatic rings. The maximum absolute atomic E-state index is 10.5. The number of nitro groups is 1. The van der Waals surface area contributed by atoms with Gasteiger partial charge in [0.2, 0.25) is 0 Å². The molecule has 3 aromatic heterocycles. The second-order valence-corrected chi connectivity index (χ2v) is 4.19. The van der Waals surface area contributed by atoms with Gasteiger partial charge < -0.3 is 4.42 Å². The van der Waals surface area contributed by atoms with Gasteiger partial charge in [-0.2, -0.15) is 14.7 Å². The van der Waals surface area contributed by atoms with Gasteiger partial charge in [-0.05, 0) is 13.0 Å². The quantitative estimate of drug-likeness (QED) is 0.446. The predicted molar refractivity (Wildman–Crippen MR) is 74.3 cm³/mol. The minimum Gasteiger partial charge on any atom is -0.400 e. The van der Waals surface area contributed by atoms with E-state index in [9.17, 15) is 10.1 Å². The number of hydrogen-bond donors (Lipinski definition) is 1. The Balaban J connectivity index is 1.80. The molecule has 0 aliphatic carbocycles. The molecule has 0 aliphatic rings. The van der Waals surface area contributed by atoms with E-state index in [2.05, 4.69) is 20.6 Å². The Morgan fingerprint density at radius 3 is 3.10 bits per heavy atom. The molecule has 0 saturated heterocycles. The summed E-state index contributed by atoms with van der Waals surface area (Å²) in [6.07, 6.45) is 2.98. The summed E-state index contributed by atoms with van der Waals surface area (Å²) in [5.41, 5.74) is 4.31. The molecule has 0 unspecified atom stereocenters.